The molecule has 0 saturated heterocycles. The van der Waals surface area contributed by atoms with E-state index in [1.54, 1.807) is 30.5 Å². The Kier molecular flexibility index (Phi) is 4.35. The molecule has 0 aliphatic heterocycles. The van der Waals surface area contributed by atoms with Crippen molar-refractivity contribution in [2.45, 2.75) is 12.5 Å². The fourth-order valence-electron chi connectivity index (χ4n) is 1.86. The van der Waals surface area contributed by atoms with Crippen molar-refractivity contribution in [3.8, 4) is 5.75 Å². The number of nitrogens with two attached hydrogens (primary N) is 1. The molecule has 2 N–H and O–H groups in total. The summed E-state index contributed by atoms with van der Waals surface area (Å²) in [7, 11) is 1.43. The van der Waals surface area contributed by atoms with Crippen molar-refractivity contribution in [3.63, 3.8) is 0 Å². The predicted molar refractivity (Wildman–Crippen MR) is 72.8 cm³/mol. The Morgan fingerprint density at radius 2 is 2.21 bits per heavy atom. The molecule has 100 valence electrons. The fourth-order valence-corrected chi connectivity index (χ4v) is 2.12. The molecule has 5 heteroatoms. The number of methoxy groups -OCH3 is 1. The second-order valence-electron chi connectivity index (χ2n) is 4.15. The zero-order valence-corrected chi connectivity index (χ0v) is 11.2. The van der Waals surface area contributed by atoms with Gasteiger partial charge in [0.2, 0.25) is 0 Å². The summed E-state index contributed by atoms with van der Waals surface area (Å²) in [6.07, 6.45) is 2.09. The number of nitrogens with zero attached hydrogens (tertiary/aromatic N) is 1. The summed E-state index contributed by atoms with van der Waals surface area (Å²) >= 11 is 6.03. The number of hydrogen-bond acceptors (Lipinski definition) is 3. The lowest BCUT2D eigenvalue weighted by Crippen LogP contribution is -2.15. The standard InChI is InChI=1S/C14H14ClFN2O/c1-19-13-5-4-9(7-11(13)16)8-12(17)14-10(15)3-2-6-18-14/h2-7,12H,8,17H2,1H3. The minimum atomic E-state index is -0.403. The summed E-state index contributed by atoms with van der Waals surface area (Å²) in [5.74, 6) is -0.187. The van der Waals surface area contributed by atoms with Gasteiger partial charge >= 0.3 is 0 Å². The molecule has 1 unspecified atom stereocenters. The van der Waals surface area contributed by atoms with Gasteiger partial charge in [-0.2, -0.15) is 0 Å². The van der Waals surface area contributed by atoms with E-state index in [1.165, 1.54) is 13.2 Å². The number of aromatic nitrogens is 1. The third-order valence-electron chi connectivity index (χ3n) is 2.81. The molecule has 3 nitrogen and oxygen atoms in total. The Morgan fingerprint density at radius 1 is 1.42 bits per heavy atom. The highest BCUT2D eigenvalue weighted by Crippen LogP contribution is 2.24. The Bertz CT molecular complexity index is 577. The van der Waals surface area contributed by atoms with Crippen molar-refractivity contribution in [1.82, 2.24) is 4.98 Å². The van der Waals surface area contributed by atoms with E-state index < -0.39 is 5.82 Å². The molecule has 1 atom stereocenters. The highest BCUT2D eigenvalue weighted by Gasteiger charge is 2.13. The number of benzene rings is 1. The summed E-state index contributed by atoms with van der Waals surface area (Å²) in [5, 5.41) is 0.518. The van der Waals surface area contributed by atoms with E-state index in [1.807, 2.05) is 0 Å². The van der Waals surface area contributed by atoms with Crippen LogP contribution >= 0.6 is 11.6 Å². The van der Waals surface area contributed by atoms with Crippen LogP contribution in [0.5, 0.6) is 5.75 Å². The van der Waals surface area contributed by atoms with E-state index in [0.29, 0.717) is 17.1 Å². The maximum Gasteiger partial charge on any atom is 0.165 e. The summed E-state index contributed by atoms with van der Waals surface area (Å²) in [6.45, 7) is 0. The quantitative estimate of drug-likeness (QED) is 0.936. The van der Waals surface area contributed by atoms with Crippen LogP contribution < -0.4 is 10.5 Å². The molecule has 0 radical (unpaired) electrons. The molecular weight excluding hydrogens is 267 g/mol. The first-order valence-electron chi connectivity index (χ1n) is 5.80. The van der Waals surface area contributed by atoms with Crippen LogP contribution in [-0.4, -0.2) is 12.1 Å². The average Bonchev–Trinajstić information content (AvgIpc) is 2.39. The third kappa shape index (κ3) is 3.22. The molecule has 0 amide bonds. The molecule has 2 rings (SSSR count). The van der Waals surface area contributed by atoms with Crippen LogP contribution in [0.3, 0.4) is 0 Å². The van der Waals surface area contributed by atoms with Crippen molar-refractivity contribution >= 4 is 11.6 Å². The topological polar surface area (TPSA) is 48.1 Å². The van der Waals surface area contributed by atoms with Gasteiger partial charge < -0.3 is 10.5 Å². The number of pyridine rings is 1. The Hall–Kier alpha value is -1.65. The van der Waals surface area contributed by atoms with Gasteiger partial charge in [-0.3, -0.25) is 4.98 Å². The predicted octanol–water partition coefficient (Wildman–Crippen LogP) is 3.13. The van der Waals surface area contributed by atoms with Gasteiger partial charge in [-0.05, 0) is 36.2 Å². The Morgan fingerprint density at radius 3 is 2.84 bits per heavy atom. The van der Waals surface area contributed by atoms with Gasteiger partial charge in [0.15, 0.2) is 11.6 Å². The van der Waals surface area contributed by atoms with Crippen LogP contribution in [-0.2, 0) is 6.42 Å². The molecule has 0 bridgehead atoms. The lowest BCUT2D eigenvalue weighted by atomic mass is 10.0. The van der Waals surface area contributed by atoms with Crippen LogP contribution in [0.4, 0.5) is 4.39 Å². The molecule has 2 aromatic rings. The van der Waals surface area contributed by atoms with Crippen molar-refractivity contribution in [1.29, 1.82) is 0 Å². The summed E-state index contributed by atoms with van der Waals surface area (Å²) in [4.78, 5) is 4.16. The van der Waals surface area contributed by atoms with Crippen LogP contribution in [0.25, 0.3) is 0 Å². The summed E-state index contributed by atoms with van der Waals surface area (Å²) < 4.78 is 18.4. The number of ether oxygens (including phenoxy) is 1. The van der Waals surface area contributed by atoms with Crippen LogP contribution in [0, 0.1) is 5.82 Å². The van der Waals surface area contributed by atoms with Crippen molar-refractivity contribution in [2.24, 2.45) is 5.73 Å². The SMILES string of the molecule is COc1ccc(CC(N)c2ncccc2Cl)cc1F. The van der Waals surface area contributed by atoms with Gasteiger partial charge in [-0.25, -0.2) is 4.39 Å². The molecule has 1 aromatic heterocycles. The van der Waals surface area contributed by atoms with Crippen LogP contribution in [0.15, 0.2) is 36.5 Å². The first-order chi connectivity index (χ1) is 9.11. The largest absolute Gasteiger partial charge is 0.494 e. The fraction of sp³-hybridized carbons (Fsp3) is 0.214. The molecule has 0 aliphatic carbocycles. The van der Waals surface area contributed by atoms with E-state index in [0.717, 1.165) is 5.56 Å². The van der Waals surface area contributed by atoms with Crippen LogP contribution in [0.1, 0.15) is 17.3 Å². The van der Waals surface area contributed by atoms with Crippen molar-refractivity contribution in [2.75, 3.05) is 7.11 Å². The minimum absolute atomic E-state index is 0.216. The molecule has 19 heavy (non-hydrogen) atoms. The summed E-state index contributed by atoms with van der Waals surface area (Å²) in [5.41, 5.74) is 7.43. The Balaban J connectivity index is 2.17. The average molecular weight is 281 g/mol. The smallest absolute Gasteiger partial charge is 0.165 e. The molecule has 1 aromatic carbocycles. The number of halogens is 2. The molecule has 1 heterocycles. The van der Waals surface area contributed by atoms with Gasteiger partial charge in [0, 0.05) is 6.20 Å². The first kappa shape index (κ1) is 13.8. The van der Waals surface area contributed by atoms with E-state index in [4.69, 9.17) is 22.1 Å². The van der Waals surface area contributed by atoms with E-state index in [9.17, 15) is 4.39 Å². The van der Waals surface area contributed by atoms with Gasteiger partial charge in [0.25, 0.3) is 0 Å². The summed E-state index contributed by atoms with van der Waals surface area (Å²) in [6, 6.07) is 7.87. The van der Waals surface area contributed by atoms with Gasteiger partial charge in [0.05, 0.1) is 23.9 Å². The van der Waals surface area contributed by atoms with Gasteiger partial charge in [0.1, 0.15) is 0 Å². The Labute approximate surface area is 116 Å². The molecule has 0 saturated carbocycles. The highest BCUT2D eigenvalue weighted by atomic mass is 35.5. The van der Waals surface area contributed by atoms with Crippen molar-refractivity contribution < 1.29 is 9.13 Å². The monoisotopic (exact) mass is 280 g/mol. The van der Waals surface area contributed by atoms with Crippen LogP contribution in [0.2, 0.25) is 5.02 Å². The van der Waals surface area contributed by atoms with E-state index >= 15 is 0 Å². The van der Waals surface area contributed by atoms with Crippen molar-refractivity contribution in [3.05, 3.63) is 58.6 Å². The normalized spacial score (nSPS) is 12.2. The number of rotatable bonds is 4. The maximum absolute atomic E-state index is 13.6. The molecule has 0 spiro atoms. The first-order valence-corrected chi connectivity index (χ1v) is 6.18. The molecule has 0 aliphatic rings. The zero-order chi connectivity index (χ0) is 13.8. The minimum Gasteiger partial charge on any atom is -0.494 e. The van der Waals surface area contributed by atoms with Gasteiger partial charge in [-0.1, -0.05) is 17.7 Å². The molecular formula is C14H14ClFN2O. The third-order valence-corrected chi connectivity index (χ3v) is 3.13. The zero-order valence-electron chi connectivity index (χ0n) is 10.4. The lowest BCUT2D eigenvalue weighted by Gasteiger charge is -2.13. The highest BCUT2D eigenvalue weighted by molar-refractivity contribution is 6.31. The second-order valence-corrected chi connectivity index (χ2v) is 4.56. The second kappa shape index (κ2) is 5.99. The van der Waals surface area contributed by atoms with E-state index in [2.05, 4.69) is 4.98 Å². The molecule has 0 fully saturated rings. The van der Waals surface area contributed by atoms with E-state index in [-0.39, 0.29) is 11.8 Å². The van der Waals surface area contributed by atoms with Gasteiger partial charge in [-0.15, -0.1) is 0 Å². The lowest BCUT2D eigenvalue weighted by molar-refractivity contribution is 0.386. The maximum atomic E-state index is 13.6. The number of hydrogen-bond donors (Lipinski definition) is 1.